The molecule has 13 heavy (non-hydrogen) atoms. The average Bonchev–Trinajstić information content (AvgIpc) is 2.49. The summed E-state index contributed by atoms with van der Waals surface area (Å²) in [6.45, 7) is 0. The van der Waals surface area contributed by atoms with Crippen LogP contribution >= 0.6 is 0 Å². The molecule has 0 saturated heterocycles. The zero-order valence-corrected chi connectivity index (χ0v) is 6.87. The Morgan fingerprint density at radius 3 is 3.15 bits per heavy atom. The lowest BCUT2D eigenvalue weighted by atomic mass is 10.1. The predicted octanol–water partition coefficient (Wildman–Crippen LogP) is 1.39. The van der Waals surface area contributed by atoms with Gasteiger partial charge in [-0.3, -0.25) is 5.10 Å². The van der Waals surface area contributed by atoms with Crippen molar-refractivity contribution in [3.63, 3.8) is 0 Å². The number of halogens is 1. The maximum Gasteiger partial charge on any atom is 0.200 e. The first kappa shape index (κ1) is 8.19. The van der Waals surface area contributed by atoms with Gasteiger partial charge in [0.1, 0.15) is 0 Å². The Kier molecular flexibility index (Phi) is 1.98. The van der Waals surface area contributed by atoms with E-state index in [-0.39, 0.29) is 6.42 Å². The Morgan fingerprint density at radius 2 is 2.38 bits per heavy atom. The minimum absolute atomic E-state index is 0.0289. The molecule has 68 valence electrons. The summed E-state index contributed by atoms with van der Waals surface area (Å²) in [6.07, 6.45) is -0.0887. The van der Waals surface area contributed by atoms with Gasteiger partial charge in [-0.2, -0.15) is 5.10 Å². The van der Waals surface area contributed by atoms with E-state index in [1.54, 1.807) is 12.3 Å². The van der Waals surface area contributed by atoms with Gasteiger partial charge in [-0.15, -0.1) is 0 Å². The first-order valence-electron chi connectivity index (χ1n) is 4.00. The number of aromatic amines is 1. The molecule has 1 heterocycles. The zero-order chi connectivity index (χ0) is 9.26. The SMILES string of the molecule is OC(F)Cc1ccc2[nH]ncc2c1. The number of alkyl halides is 1. The van der Waals surface area contributed by atoms with E-state index in [0.717, 1.165) is 16.5 Å². The fraction of sp³-hybridized carbons (Fsp3) is 0.222. The number of hydrogen-bond donors (Lipinski definition) is 2. The summed E-state index contributed by atoms with van der Waals surface area (Å²) in [7, 11) is 0. The van der Waals surface area contributed by atoms with Crippen molar-refractivity contribution >= 4 is 10.9 Å². The summed E-state index contributed by atoms with van der Waals surface area (Å²) < 4.78 is 12.2. The minimum Gasteiger partial charge on any atom is -0.364 e. The van der Waals surface area contributed by atoms with Crippen molar-refractivity contribution < 1.29 is 9.50 Å². The molecule has 0 aliphatic carbocycles. The second-order valence-electron chi connectivity index (χ2n) is 2.93. The van der Waals surface area contributed by atoms with E-state index in [1.807, 2.05) is 12.1 Å². The Bertz CT molecular complexity index is 411. The maximum atomic E-state index is 12.2. The summed E-state index contributed by atoms with van der Waals surface area (Å²) in [5.41, 5.74) is 1.68. The van der Waals surface area contributed by atoms with Gasteiger partial charge in [0.2, 0.25) is 0 Å². The highest BCUT2D eigenvalue weighted by molar-refractivity contribution is 5.78. The van der Waals surface area contributed by atoms with Crippen molar-refractivity contribution in [3.05, 3.63) is 30.0 Å². The van der Waals surface area contributed by atoms with Gasteiger partial charge < -0.3 is 5.11 Å². The number of nitrogens with one attached hydrogen (secondary N) is 1. The van der Waals surface area contributed by atoms with Gasteiger partial charge in [0, 0.05) is 11.8 Å². The van der Waals surface area contributed by atoms with E-state index in [1.165, 1.54) is 0 Å². The van der Waals surface area contributed by atoms with Crippen molar-refractivity contribution in [1.82, 2.24) is 10.2 Å². The summed E-state index contributed by atoms with van der Waals surface area (Å²) in [5, 5.41) is 16.1. The van der Waals surface area contributed by atoms with Crippen LogP contribution in [0.5, 0.6) is 0 Å². The normalized spacial score (nSPS) is 13.4. The number of hydrogen-bond acceptors (Lipinski definition) is 2. The molecule has 1 unspecified atom stereocenters. The molecule has 1 atom stereocenters. The number of rotatable bonds is 2. The van der Waals surface area contributed by atoms with Gasteiger partial charge in [-0.25, -0.2) is 4.39 Å². The van der Waals surface area contributed by atoms with Gasteiger partial charge in [0.15, 0.2) is 6.36 Å². The maximum absolute atomic E-state index is 12.2. The molecule has 3 nitrogen and oxygen atoms in total. The van der Waals surface area contributed by atoms with Crippen LogP contribution < -0.4 is 0 Å². The Hall–Kier alpha value is -1.42. The molecule has 0 spiro atoms. The molecule has 2 rings (SSSR count). The largest absolute Gasteiger partial charge is 0.364 e. The fourth-order valence-electron chi connectivity index (χ4n) is 1.31. The smallest absolute Gasteiger partial charge is 0.200 e. The summed E-state index contributed by atoms with van der Waals surface area (Å²) in [5.74, 6) is 0. The topological polar surface area (TPSA) is 48.9 Å². The van der Waals surface area contributed by atoms with E-state index in [2.05, 4.69) is 10.2 Å². The zero-order valence-electron chi connectivity index (χ0n) is 6.87. The average molecular weight is 180 g/mol. The molecular formula is C9H9FN2O. The molecule has 2 N–H and O–H groups in total. The predicted molar refractivity (Wildman–Crippen MR) is 46.9 cm³/mol. The number of aliphatic hydroxyl groups is 1. The molecule has 0 fully saturated rings. The summed E-state index contributed by atoms with van der Waals surface area (Å²) in [6, 6.07) is 5.39. The third-order valence-electron chi connectivity index (χ3n) is 1.91. The molecule has 4 heteroatoms. The van der Waals surface area contributed by atoms with Crippen LogP contribution in [0.25, 0.3) is 10.9 Å². The number of nitrogens with zero attached hydrogens (tertiary/aromatic N) is 1. The van der Waals surface area contributed by atoms with Crippen LogP contribution in [0.4, 0.5) is 4.39 Å². The van der Waals surface area contributed by atoms with E-state index in [9.17, 15) is 4.39 Å². The second kappa shape index (κ2) is 3.14. The molecule has 1 aromatic heterocycles. The highest BCUT2D eigenvalue weighted by Gasteiger charge is 2.03. The van der Waals surface area contributed by atoms with Crippen molar-refractivity contribution in [2.24, 2.45) is 0 Å². The van der Waals surface area contributed by atoms with Gasteiger partial charge >= 0.3 is 0 Å². The van der Waals surface area contributed by atoms with Gasteiger partial charge in [-0.1, -0.05) is 6.07 Å². The number of fused-ring (bicyclic) bond motifs is 1. The van der Waals surface area contributed by atoms with Gasteiger partial charge in [0.25, 0.3) is 0 Å². The van der Waals surface area contributed by atoms with Gasteiger partial charge in [-0.05, 0) is 17.7 Å². The van der Waals surface area contributed by atoms with Crippen LogP contribution in [-0.4, -0.2) is 21.7 Å². The van der Waals surface area contributed by atoms with E-state index < -0.39 is 6.36 Å². The third-order valence-corrected chi connectivity index (χ3v) is 1.91. The number of H-pyrrole nitrogens is 1. The van der Waals surface area contributed by atoms with Crippen LogP contribution in [0.3, 0.4) is 0 Å². The lowest BCUT2D eigenvalue weighted by molar-refractivity contribution is 0.0430. The summed E-state index contributed by atoms with van der Waals surface area (Å²) >= 11 is 0. The van der Waals surface area contributed by atoms with Crippen molar-refractivity contribution in [1.29, 1.82) is 0 Å². The van der Waals surface area contributed by atoms with Crippen LogP contribution in [0.1, 0.15) is 5.56 Å². The summed E-state index contributed by atoms with van der Waals surface area (Å²) in [4.78, 5) is 0. The minimum atomic E-state index is -1.79. The molecule has 1 aromatic carbocycles. The van der Waals surface area contributed by atoms with Crippen LogP contribution in [0.15, 0.2) is 24.4 Å². The molecule has 0 radical (unpaired) electrons. The van der Waals surface area contributed by atoms with Crippen LogP contribution in [0, 0.1) is 0 Å². The Labute approximate surface area is 74.2 Å². The number of benzene rings is 1. The first-order valence-corrected chi connectivity index (χ1v) is 4.00. The van der Waals surface area contributed by atoms with Crippen molar-refractivity contribution in [2.75, 3.05) is 0 Å². The van der Waals surface area contributed by atoms with E-state index in [4.69, 9.17) is 5.11 Å². The van der Waals surface area contributed by atoms with Gasteiger partial charge in [0.05, 0.1) is 11.7 Å². The van der Waals surface area contributed by atoms with E-state index in [0.29, 0.717) is 0 Å². The molecule has 0 amide bonds. The lowest BCUT2D eigenvalue weighted by Gasteiger charge is -2.00. The monoisotopic (exact) mass is 180 g/mol. The second-order valence-corrected chi connectivity index (χ2v) is 2.93. The molecule has 0 saturated carbocycles. The van der Waals surface area contributed by atoms with Crippen LogP contribution in [-0.2, 0) is 6.42 Å². The molecule has 0 aliphatic rings. The Balaban J connectivity index is 2.37. The molecular weight excluding hydrogens is 171 g/mol. The lowest BCUT2D eigenvalue weighted by Crippen LogP contribution is -2.01. The third kappa shape index (κ3) is 1.67. The van der Waals surface area contributed by atoms with Crippen LogP contribution in [0.2, 0.25) is 0 Å². The molecule has 0 bridgehead atoms. The van der Waals surface area contributed by atoms with E-state index >= 15 is 0 Å². The Morgan fingerprint density at radius 1 is 1.54 bits per heavy atom. The fourth-order valence-corrected chi connectivity index (χ4v) is 1.31. The highest BCUT2D eigenvalue weighted by atomic mass is 19.1. The van der Waals surface area contributed by atoms with Crippen molar-refractivity contribution in [2.45, 2.75) is 12.8 Å². The molecule has 2 aromatic rings. The quantitative estimate of drug-likeness (QED) is 0.733. The highest BCUT2D eigenvalue weighted by Crippen LogP contribution is 2.14. The first-order chi connectivity index (χ1) is 6.25. The number of aromatic nitrogens is 2. The van der Waals surface area contributed by atoms with Crippen molar-refractivity contribution in [3.8, 4) is 0 Å². The molecule has 0 aliphatic heterocycles. The standard InChI is InChI=1S/C9H9FN2O/c10-9(13)4-6-1-2-8-7(3-6)5-11-12-8/h1-3,5,9,13H,4H2,(H,11,12). The number of aliphatic hydroxyl groups excluding tert-OH is 1.